The van der Waals surface area contributed by atoms with Crippen molar-refractivity contribution in [3.8, 4) is 0 Å². The van der Waals surface area contributed by atoms with Gasteiger partial charge in [0.1, 0.15) is 19.8 Å². The van der Waals surface area contributed by atoms with Crippen LogP contribution in [0.15, 0.2) is 48.8 Å². The molecule has 10 heteroatoms. The monoisotopic (exact) mass is 812 g/mol. The Hall–Kier alpha value is -1.74. The number of hydrogen-bond donors (Lipinski definition) is 1. The molecule has 9 nitrogen and oxygen atoms in total. The van der Waals surface area contributed by atoms with Gasteiger partial charge in [0.25, 0.3) is 7.82 Å². The number of aliphatic hydroxyl groups excluding tert-OH is 1. The van der Waals surface area contributed by atoms with E-state index >= 15 is 0 Å². The number of aliphatic hydroxyl groups is 1. The topological polar surface area (TPSA) is 114 Å². The van der Waals surface area contributed by atoms with Gasteiger partial charge in [0.05, 0.1) is 40.1 Å². The zero-order chi connectivity index (χ0) is 41.4. The van der Waals surface area contributed by atoms with Gasteiger partial charge in [0.15, 0.2) is 6.10 Å². The number of ether oxygens (including phenoxy) is 2. The van der Waals surface area contributed by atoms with Crippen molar-refractivity contribution < 1.29 is 42.4 Å². The molecule has 0 aliphatic rings. The fourth-order valence-electron chi connectivity index (χ4n) is 5.95. The minimum Gasteiger partial charge on any atom is -0.756 e. The fraction of sp³-hybridized carbons (Fsp3) is 0.804. The Balaban J connectivity index is 4.45. The number of hydrogen-bond acceptors (Lipinski definition) is 8. The first-order valence-electron chi connectivity index (χ1n) is 22.5. The number of carbonyl (C=O) groups excluding carboxylic acids is 1. The first-order valence-corrected chi connectivity index (χ1v) is 24.0. The van der Waals surface area contributed by atoms with Gasteiger partial charge in [0.2, 0.25) is 0 Å². The van der Waals surface area contributed by atoms with Crippen LogP contribution in [0.2, 0.25) is 0 Å². The Morgan fingerprint density at radius 3 is 1.77 bits per heavy atom. The number of phosphoric acid groups is 1. The highest BCUT2D eigenvalue weighted by molar-refractivity contribution is 7.45. The molecular weight excluding hydrogens is 725 g/mol. The maximum atomic E-state index is 12.5. The molecular formula is C46H86NO8P. The number of quaternary nitrogens is 1. The van der Waals surface area contributed by atoms with Crippen molar-refractivity contribution in [2.45, 2.75) is 193 Å². The van der Waals surface area contributed by atoms with Crippen LogP contribution in [-0.4, -0.2) is 75.3 Å². The predicted octanol–water partition coefficient (Wildman–Crippen LogP) is 11.8. The molecule has 328 valence electrons. The Bertz CT molecular complexity index is 1050. The summed E-state index contributed by atoms with van der Waals surface area (Å²) in [5.74, 6) is -0.446. The smallest absolute Gasteiger partial charge is 0.305 e. The number of nitrogens with zero attached hydrogens (tertiary/aromatic N) is 1. The van der Waals surface area contributed by atoms with Gasteiger partial charge >= 0.3 is 5.97 Å². The molecule has 0 saturated carbocycles. The van der Waals surface area contributed by atoms with Gasteiger partial charge in [-0.2, -0.15) is 0 Å². The summed E-state index contributed by atoms with van der Waals surface area (Å²) in [6, 6.07) is 0. The molecule has 0 rings (SSSR count). The molecule has 0 saturated heterocycles. The Labute approximate surface area is 344 Å². The number of likely N-dealkylation sites (N-methyl/N-ethyl adjacent to an activating group) is 1. The molecule has 0 radical (unpaired) electrons. The van der Waals surface area contributed by atoms with Crippen LogP contribution < -0.4 is 4.89 Å². The van der Waals surface area contributed by atoms with Crippen molar-refractivity contribution in [2.24, 2.45) is 0 Å². The summed E-state index contributed by atoms with van der Waals surface area (Å²) in [6.07, 6.45) is 44.0. The Kier molecular flexibility index (Phi) is 37.6. The van der Waals surface area contributed by atoms with Gasteiger partial charge < -0.3 is 33.0 Å². The van der Waals surface area contributed by atoms with Gasteiger partial charge in [-0.15, -0.1) is 0 Å². The minimum atomic E-state index is -4.56. The molecule has 3 atom stereocenters. The van der Waals surface area contributed by atoms with E-state index in [0.29, 0.717) is 23.9 Å². The van der Waals surface area contributed by atoms with Gasteiger partial charge in [-0.25, -0.2) is 0 Å². The molecule has 0 aliphatic heterocycles. The number of unbranched alkanes of at least 4 members (excludes halogenated alkanes) is 20. The zero-order valence-electron chi connectivity index (χ0n) is 36.7. The summed E-state index contributed by atoms with van der Waals surface area (Å²) in [4.78, 5) is 24.9. The van der Waals surface area contributed by atoms with Crippen molar-refractivity contribution in [1.82, 2.24) is 0 Å². The normalized spacial score (nSPS) is 14.7. The first-order chi connectivity index (χ1) is 27.0. The predicted molar refractivity (Wildman–Crippen MR) is 232 cm³/mol. The van der Waals surface area contributed by atoms with E-state index in [4.69, 9.17) is 18.5 Å². The first kappa shape index (κ1) is 54.3. The summed E-state index contributed by atoms with van der Waals surface area (Å²) < 4.78 is 34.2. The van der Waals surface area contributed by atoms with Crippen LogP contribution in [-0.2, 0) is 27.9 Å². The molecule has 56 heavy (non-hydrogen) atoms. The van der Waals surface area contributed by atoms with Crippen molar-refractivity contribution in [3.05, 3.63) is 48.8 Å². The molecule has 0 aromatic carbocycles. The average molecular weight is 812 g/mol. The van der Waals surface area contributed by atoms with Gasteiger partial charge in [-0.05, 0) is 51.0 Å². The molecule has 0 heterocycles. The van der Waals surface area contributed by atoms with Crippen LogP contribution in [0.5, 0.6) is 0 Å². The highest BCUT2D eigenvalue weighted by Crippen LogP contribution is 2.38. The van der Waals surface area contributed by atoms with Crippen molar-refractivity contribution in [1.29, 1.82) is 0 Å². The molecule has 2 unspecified atom stereocenters. The zero-order valence-corrected chi connectivity index (χ0v) is 37.6. The second-order valence-corrected chi connectivity index (χ2v) is 17.7. The molecule has 1 N–H and O–H groups in total. The molecule has 0 spiro atoms. The number of allylic oxidation sites excluding steroid dienone is 6. The van der Waals surface area contributed by atoms with Gasteiger partial charge in [-0.1, -0.05) is 166 Å². The molecule has 0 aromatic rings. The van der Waals surface area contributed by atoms with Crippen molar-refractivity contribution in [2.75, 3.05) is 47.5 Å². The average Bonchev–Trinajstić information content (AvgIpc) is 3.14. The lowest BCUT2D eigenvalue weighted by atomic mass is 10.0. The van der Waals surface area contributed by atoms with Crippen molar-refractivity contribution >= 4 is 13.8 Å². The maximum Gasteiger partial charge on any atom is 0.305 e. The Morgan fingerprint density at radius 1 is 0.679 bits per heavy atom. The second kappa shape index (κ2) is 38.8. The van der Waals surface area contributed by atoms with E-state index in [-0.39, 0.29) is 26.2 Å². The quantitative estimate of drug-likeness (QED) is 0.0123. The molecule has 0 aliphatic carbocycles. The van der Waals surface area contributed by atoms with E-state index in [1.165, 1.54) is 116 Å². The van der Waals surface area contributed by atoms with E-state index in [1.54, 1.807) is 12.3 Å². The standard InChI is InChI=1S/C46H86NO8P/c1-6-8-10-12-14-16-18-20-21-22-24-26-28-30-32-34-40-52-45(43-55-56(50,51)54-41-39-47(3,4)5)42-53-46(49)38-35-37-44(48)36-33-31-29-27-25-23-19-17-15-13-11-9-7-2/h23,25,29,31,33-34,36,40,44-45,48H,6-22,24,26-28,30,32,35,37-39,41-43H2,1-5H3/b25-23+,31-29+,36-33+,40-34+/t44?,45-/m1/s1. The van der Waals surface area contributed by atoms with E-state index in [1.807, 2.05) is 39.4 Å². The molecule has 0 fully saturated rings. The lowest BCUT2D eigenvalue weighted by molar-refractivity contribution is -0.870. The summed E-state index contributed by atoms with van der Waals surface area (Å²) in [5, 5.41) is 10.3. The van der Waals surface area contributed by atoms with Gasteiger partial charge in [0, 0.05) is 6.42 Å². The Morgan fingerprint density at radius 2 is 1.21 bits per heavy atom. The molecule has 0 bridgehead atoms. The lowest BCUT2D eigenvalue weighted by Crippen LogP contribution is -2.37. The van der Waals surface area contributed by atoms with Crippen LogP contribution in [0.25, 0.3) is 0 Å². The largest absolute Gasteiger partial charge is 0.756 e. The van der Waals surface area contributed by atoms with Crippen LogP contribution in [0.1, 0.15) is 181 Å². The minimum absolute atomic E-state index is 0.00207. The highest BCUT2D eigenvalue weighted by atomic mass is 31.2. The third-order valence-corrected chi connectivity index (χ3v) is 10.5. The van der Waals surface area contributed by atoms with Crippen molar-refractivity contribution in [3.63, 3.8) is 0 Å². The van der Waals surface area contributed by atoms with E-state index in [9.17, 15) is 19.4 Å². The highest BCUT2D eigenvalue weighted by Gasteiger charge is 2.19. The van der Waals surface area contributed by atoms with E-state index in [2.05, 4.69) is 32.1 Å². The fourth-order valence-corrected chi connectivity index (χ4v) is 6.68. The van der Waals surface area contributed by atoms with E-state index < -0.39 is 26.0 Å². The molecule has 0 aromatic heterocycles. The summed E-state index contributed by atoms with van der Waals surface area (Å²) in [5.41, 5.74) is 0. The van der Waals surface area contributed by atoms with Crippen LogP contribution in [0.4, 0.5) is 0 Å². The van der Waals surface area contributed by atoms with E-state index in [0.717, 1.165) is 32.1 Å². The van der Waals surface area contributed by atoms with Crippen LogP contribution in [0.3, 0.4) is 0 Å². The SMILES string of the molecule is CCCCCCCC/C=C/C/C=C/C=C/C(O)CCCC(=O)OC[C@H](COP(=O)([O-])OCC[N+](C)(C)C)O/C=C/CCCCCCCCCCCCCCCC. The molecule has 0 amide bonds. The van der Waals surface area contributed by atoms with Crippen LogP contribution in [0, 0.1) is 0 Å². The van der Waals surface area contributed by atoms with Gasteiger partial charge in [-0.3, -0.25) is 9.36 Å². The number of phosphoric ester groups is 1. The number of rotatable bonds is 41. The lowest BCUT2D eigenvalue weighted by Gasteiger charge is -2.28. The summed E-state index contributed by atoms with van der Waals surface area (Å²) >= 11 is 0. The summed E-state index contributed by atoms with van der Waals surface area (Å²) in [6.45, 7) is 4.49. The number of esters is 1. The second-order valence-electron chi connectivity index (χ2n) is 16.3. The maximum absolute atomic E-state index is 12.5. The van der Waals surface area contributed by atoms with Crippen LogP contribution >= 0.6 is 7.82 Å². The third-order valence-electron chi connectivity index (χ3n) is 9.58. The number of carbonyl (C=O) groups is 1. The summed E-state index contributed by atoms with van der Waals surface area (Å²) in [7, 11) is 1.26. The third kappa shape index (κ3) is 41.9.